The van der Waals surface area contributed by atoms with Crippen LogP contribution >= 0.6 is 0 Å². The number of amides is 1. The van der Waals surface area contributed by atoms with Gasteiger partial charge >= 0.3 is 0 Å². The average molecular weight is 266 g/mol. The molecule has 6 heteroatoms. The van der Waals surface area contributed by atoms with E-state index in [4.69, 9.17) is 4.74 Å². The second kappa shape index (κ2) is 7.04. The maximum absolute atomic E-state index is 11.8. The number of aromatic nitrogens is 2. The molecule has 0 saturated heterocycles. The zero-order valence-electron chi connectivity index (χ0n) is 12.0. The van der Waals surface area contributed by atoms with E-state index in [9.17, 15) is 4.79 Å². The molecule has 1 aromatic heterocycles. The molecule has 1 amide bonds. The molecule has 0 atom stereocenters. The van der Waals surface area contributed by atoms with E-state index in [1.165, 1.54) is 12.4 Å². The third-order valence-corrected chi connectivity index (χ3v) is 2.21. The predicted molar refractivity (Wildman–Crippen MR) is 74.2 cm³/mol. The zero-order chi connectivity index (χ0) is 14.3. The van der Waals surface area contributed by atoms with Crippen molar-refractivity contribution >= 4 is 11.9 Å². The summed E-state index contributed by atoms with van der Waals surface area (Å²) in [6.45, 7) is 7.27. The Kier molecular flexibility index (Phi) is 5.69. The molecule has 6 nitrogen and oxygen atoms in total. The van der Waals surface area contributed by atoms with E-state index < -0.39 is 0 Å². The molecule has 106 valence electrons. The summed E-state index contributed by atoms with van der Waals surface area (Å²) in [5, 5.41) is 5.92. The third-order valence-electron chi connectivity index (χ3n) is 2.21. The second-order valence-electron chi connectivity index (χ2n) is 5.27. The topological polar surface area (TPSA) is 76.1 Å². The zero-order valence-corrected chi connectivity index (χ0v) is 12.0. The van der Waals surface area contributed by atoms with E-state index in [1.54, 1.807) is 7.11 Å². The fourth-order valence-electron chi connectivity index (χ4n) is 1.37. The van der Waals surface area contributed by atoms with E-state index in [-0.39, 0.29) is 11.4 Å². The van der Waals surface area contributed by atoms with Crippen molar-refractivity contribution in [3.05, 3.63) is 18.0 Å². The maximum Gasteiger partial charge on any atom is 0.254 e. The van der Waals surface area contributed by atoms with Crippen molar-refractivity contribution < 1.29 is 9.53 Å². The average Bonchev–Trinajstić information content (AvgIpc) is 2.33. The fourth-order valence-corrected chi connectivity index (χ4v) is 1.37. The monoisotopic (exact) mass is 266 g/mol. The van der Waals surface area contributed by atoms with Crippen molar-refractivity contribution in [2.45, 2.75) is 32.7 Å². The molecule has 19 heavy (non-hydrogen) atoms. The highest BCUT2D eigenvalue weighted by Gasteiger charge is 2.12. The summed E-state index contributed by atoms with van der Waals surface area (Å²) in [5.41, 5.74) is 0.348. The lowest BCUT2D eigenvalue weighted by molar-refractivity contribution is 0.0948. The Bertz CT molecular complexity index is 398. The van der Waals surface area contributed by atoms with Gasteiger partial charge in [-0.05, 0) is 27.2 Å². The van der Waals surface area contributed by atoms with Crippen LogP contribution in [0.15, 0.2) is 12.4 Å². The Balaban J connectivity index is 2.49. The molecule has 0 aromatic carbocycles. The van der Waals surface area contributed by atoms with Crippen LogP contribution in [0.1, 0.15) is 37.6 Å². The van der Waals surface area contributed by atoms with Gasteiger partial charge in [0.25, 0.3) is 5.91 Å². The minimum atomic E-state index is -0.168. The van der Waals surface area contributed by atoms with E-state index in [0.717, 1.165) is 6.42 Å². The van der Waals surface area contributed by atoms with Crippen LogP contribution in [0.2, 0.25) is 0 Å². The first-order chi connectivity index (χ1) is 8.92. The first-order valence-electron chi connectivity index (χ1n) is 6.30. The Morgan fingerprint density at radius 1 is 1.32 bits per heavy atom. The number of hydrogen-bond acceptors (Lipinski definition) is 5. The molecule has 0 fully saturated rings. The van der Waals surface area contributed by atoms with Crippen LogP contribution in [0.4, 0.5) is 5.95 Å². The normalized spacial score (nSPS) is 11.2. The first-order valence-corrected chi connectivity index (χ1v) is 6.30. The van der Waals surface area contributed by atoms with Gasteiger partial charge in [-0.1, -0.05) is 0 Å². The summed E-state index contributed by atoms with van der Waals surface area (Å²) in [6.07, 6.45) is 3.83. The summed E-state index contributed by atoms with van der Waals surface area (Å²) in [6, 6.07) is 0. The highest BCUT2D eigenvalue weighted by molar-refractivity contribution is 5.93. The van der Waals surface area contributed by atoms with Crippen molar-refractivity contribution in [3.8, 4) is 0 Å². The van der Waals surface area contributed by atoms with Crippen LogP contribution < -0.4 is 10.6 Å². The van der Waals surface area contributed by atoms with Gasteiger partial charge in [-0.3, -0.25) is 4.79 Å². The van der Waals surface area contributed by atoms with Crippen molar-refractivity contribution in [3.63, 3.8) is 0 Å². The molecule has 2 N–H and O–H groups in total. The molecule has 1 heterocycles. The molecule has 0 aliphatic heterocycles. The van der Waals surface area contributed by atoms with Gasteiger partial charge in [0.05, 0.1) is 5.56 Å². The third kappa shape index (κ3) is 6.15. The lowest BCUT2D eigenvalue weighted by atomic mass is 10.1. The second-order valence-corrected chi connectivity index (χ2v) is 5.27. The number of nitrogens with zero attached hydrogens (tertiary/aromatic N) is 2. The van der Waals surface area contributed by atoms with Gasteiger partial charge in [0.2, 0.25) is 5.95 Å². The Morgan fingerprint density at radius 3 is 2.47 bits per heavy atom. The fraction of sp³-hybridized carbons (Fsp3) is 0.615. The van der Waals surface area contributed by atoms with Gasteiger partial charge in [0.15, 0.2) is 0 Å². The highest BCUT2D eigenvalue weighted by Crippen LogP contribution is 2.09. The smallest absolute Gasteiger partial charge is 0.254 e. The molecule has 0 bridgehead atoms. The summed E-state index contributed by atoms with van der Waals surface area (Å²) < 4.78 is 4.91. The molecule has 0 saturated carbocycles. The van der Waals surface area contributed by atoms with Gasteiger partial charge < -0.3 is 15.4 Å². The summed E-state index contributed by atoms with van der Waals surface area (Å²) in [5.74, 6) is 0.349. The van der Waals surface area contributed by atoms with Crippen LogP contribution in [-0.4, -0.2) is 41.7 Å². The number of ether oxygens (including phenoxy) is 1. The minimum absolute atomic E-state index is 0.107. The predicted octanol–water partition coefficient (Wildman–Crippen LogP) is 1.45. The number of hydrogen-bond donors (Lipinski definition) is 2. The molecular weight excluding hydrogens is 244 g/mol. The number of nitrogens with one attached hydrogen (secondary N) is 2. The van der Waals surface area contributed by atoms with Gasteiger partial charge in [-0.25, -0.2) is 9.97 Å². The number of anilines is 1. The molecule has 0 spiro atoms. The summed E-state index contributed by atoms with van der Waals surface area (Å²) in [4.78, 5) is 20.0. The van der Waals surface area contributed by atoms with E-state index in [0.29, 0.717) is 24.7 Å². The number of carbonyl (C=O) groups excluding carboxylic acids is 1. The summed E-state index contributed by atoms with van der Waals surface area (Å²) in [7, 11) is 1.64. The molecular formula is C13H22N4O2. The molecule has 1 rings (SSSR count). The maximum atomic E-state index is 11.8. The molecule has 0 unspecified atom stereocenters. The minimum Gasteiger partial charge on any atom is -0.385 e. The highest BCUT2D eigenvalue weighted by atomic mass is 16.5. The van der Waals surface area contributed by atoms with Crippen LogP contribution in [0.5, 0.6) is 0 Å². The van der Waals surface area contributed by atoms with Crippen LogP contribution in [0.3, 0.4) is 0 Å². The molecule has 0 radical (unpaired) electrons. The van der Waals surface area contributed by atoms with Crippen molar-refractivity contribution in [2.24, 2.45) is 0 Å². The van der Waals surface area contributed by atoms with Crippen LogP contribution in [0.25, 0.3) is 0 Å². The largest absolute Gasteiger partial charge is 0.385 e. The van der Waals surface area contributed by atoms with Crippen molar-refractivity contribution in [2.75, 3.05) is 25.6 Å². The molecule has 0 aliphatic carbocycles. The van der Waals surface area contributed by atoms with Gasteiger partial charge in [-0.2, -0.15) is 0 Å². The van der Waals surface area contributed by atoms with Gasteiger partial charge in [0.1, 0.15) is 0 Å². The Hall–Kier alpha value is -1.69. The van der Waals surface area contributed by atoms with E-state index in [2.05, 4.69) is 20.6 Å². The SMILES string of the molecule is COCCCNC(=O)c1cnc(NC(C)(C)C)nc1. The lowest BCUT2D eigenvalue weighted by Gasteiger charge is -2.20. The number of rotatable bonds is 6. The molecule has 1 aromatic rings. The number of carbonyl (C=O) groups is 1. The first kappa shape index (κ1) is 15.4. The Labute approximate surface area is 114 Å². The Morgan fingerprint density at radius 2 is 1.95 bits per heavy atom. The van der Waals surface area contributed by atoms with Crippen molar-refractivity contribution in [1.29, 1.82) is 0 Å². The summed E-state index contributed by atoms with van der Waals surface area (Å²) >= 11 is 0. The molecule has 0 aliphatic rings. The lowest BCUT2D eigenvalue weighted by Crippen LogP contribution is -2.28. The van der Waals surface area contributed by atoms with Crippen molar-refractivity contribution in [1.82, 2.24) is 15.3 Å². The van der Waals surface area contributed by atoms with Gasteiger partial charge in [-0.15, -0.1) is 0 Å². The van der Waals surface area contributed by atoms with Gasteiger partial charge in [0, 0.05) is 38.2 Å². The standard InChI is InChI=1S/C13H22N4O2/c1-13(2,3)17-12-15-8-10(9-16-12)11(18)14-6-5-7-19-4/h8-9H,5-7H2,1-4H3,(H,14,18)(H,15,16,17). The van der Waals surface area contributed by atoms with E-state index in [1.807, 2.05) is 20.8 Å². The van der Waals surface area contributed by atoms with E-state index >= 15 is 0 Å². The number of methoxy groups -OCH3 is 1. The van der Waals surface area contributed by atoms with Crippen LogP contribution in [-0.2, 0) is 4.74 Å². The van der Waals surface area contributed by atoms with Crippen LogP contribution in [0, 0.1) is 0 Å². The quantitative estimate of drug-likeness (QED) is 0.762.